The van der Waals surface area contributed by atoms with Crippen LogP contribution in [-0.2, 0) is 13.1 Å². The number of benzene rings is 1. The van der Waals surface area contributed by atoms with Crippen LogP contribution >= 0.6 is 11.6 Å². The fraction of sp³-hybridized carbons (Fsp3) is 0.353. The van der Waals surface area contributed by atoms with Crippen LogP contribution in [0.4, 0.5) is 5.69 Å². The van der Waals surface area contributed by atoms with Crippen molar-refractivity contribution < 1.29 is 0 Å². The summed E-state index contributed by atoms with van der Waals surface area (Å²) in [6.45, 7) is 4.82. The number of nitrogens with zero attached hydrogens (tertiary/aromatic N) is 2. The molecule has 0 aliphatic rings. The van der Waals surface area contributed by atoms with Crippen molar-refractivity contribution in [2.75, 3.05) is 18.5 Å². The molecule has 0 bridgehead atoms. The van der Waals surface area contributed by atoms with E-state index in [1.807, 2.05) is 30.5 Å². The maximum Gasteiger partial charge on any atom is 0.0562 e. The molecule has 0 radical (unpaired) electrons. The summed E-state index contributed by atoms with van der Waals surface area (Å²) in [5.41, 5.74) is 3.43. The zero-order valence-corrected chi connectivity index (χ0v) is 13.4. The molecule has 0 aliphatic heterocycles. The molecule has 0 atom stereocenters. The molecule has 0 saturated heterocycles. The third-order valence-corrected chi connectivity index (χ3v) is 3.52. The van der Waals surface area contributed by atoms with Gasteiger partial charge in [0.15, 0.2) is 0 Å². The highest BCUT2D eigenvalue weighted by Gasteiger charge is 2.04. The van der Waals surface area contributed by atoms with Crippen LogP contribution in [0.15, 0.2) is 42.6 Å². The van der Waals surface area contributed by atoms with Crippen LogP contribution in [0.25, 0.3) is 0 Å². The SMILES string of the molecule is CCCNCc1cc(N(C)Cc2cccc(Cl)c2)ccn1. The number of rotatable bonds is 7. The van der Waals surface area contributed by atoms with E-state index in [0.29, 0.717) is 0 Å². The van der Waals surface area contributed by atoms with Crippen LogP contribution in [0.1, 0.15) is 24.6 Å². The summed E-state index contributed by atoms with van der Waals surface area (Å²) < 4.78 is 0. The smallest absolute Gasteiger partial charge is 0.0562 e. The van der Waals surface area contributed by atoms with E-state index in [0.717, 1.165) is 36.8 Å². The van der Waals surface area contributed by atoms with Crippen LogP contribution in [0, 0.1) is 0 Å². The number of pyridine rings is 1. The van der Waals surface area contributed by atoms with Gasteiger partial charge >= 0.3 is 0 Å². The molecular weight excluding hydrogens is 282 g/mol. The van der Waals surface area contributed by atoms with Crippen LogP contribution < -0.4 is 10.2 Å². The first-order valence-electron chi connectivity index (χ1n) is 7.30. The summed E-state index contributed by atoms with van der Waals surface area (Å²) in [6.07, 6.45) is 3.00. The molecule has 112 valence electrons. The Morgan fingerprint density at radius 3 is 2.86 bits per heavy atom. The molecule has 1 aromatic heterocycles. The van der Waals surface area contributed by atoms with E-state index in [9.17, 15) is 0 Å². The van der Waals surface area contributed by atoms with Gasteiger partial charge in [-0.25, -0.2) is 0 Å². The Morgan fingerprint density at radius 1 is 1.24 bits per heavy atom. The Morgan fingerprint density at radius 2 is 2.10 bits per heavy atom. The lowest BCUT2D eigenvalue weighted by Gasteiger charge is -2.20. The zero-order chi connectivity index (χ0) is 15.1. The number of anilines is 1. The third-order valence-electron chi connectivity index (χ3n) is 3.28. The molecule has 1 heterocycles. The van der Waals surface area contributed by atoms with E-state index in [1.165, 1.54) is 11.3 Å². The van der Waals surface area contributed by atoms with E-state index in [1.54, 1.807) is 0 Å². The summed E-state index contributed by atoms with van der Waals surface area (Å²) in [5.74, 6) is 0. The molecule has 2 rings (SSSR count). The minimum atomic E-state index is 0.778. The predicted molar refractivity (Wildman–Crippen MR) is 89.8 cm³/mol. The summed E-state index contributed by atoms with van der Waals surface area (Å²) in [6, 6.07) is 12.1. The first-order valence-corrected chi connectivity index (χ1v) is 7.68. The quantitative estimate of drug-likeness (QED) is 0.787. The van der Waals surface area contributed by atoms with Crippen LogP contribution in [-0.4, -0.2) is 18.6 Å². The number of nitrogens with one attached hydrogen (secondary N) is 1. The van der Waals surface area contributed by atoms with Gasteiger partial charge < -0.3 is 10.2 Å². The van der Waals surface area contributed by atoms with Crippen molar-refractivity contribution in [1.29, 1.82) is 0 Å². The second-order valence-electron chi connectivity index (χ2n) is 5.17. The summed E-state index contributed by atoms with van der Waals surface area (Å²) in [5, 5.41) is 4.15. The lowest BCUT2D eigenvalue weighted by Crippen LogP contribution is -2.18. The van der Waals surface area contributed by atoms with E-state index in [2.05, 4.69) is 41.3 Å². The molecule has 1 aromatic carbocycles. The molecule has 3 nitrogen and oxygen atoms in total. The first kappa shape index (κ1) is 15.8. The van der Waals surface area contributed by atoms with Gasteiger partial charge in [-0.2, -0.15) is 0 Å². The first-order chi connectivity index (χ1) is 10.2. The van der Waals surface area contributed by atoms with Gasteiger partial charge in [0.25, 0.3) is 0 Å². The van der Waals surface area contributed by atoms with Gasteiger partial charge in [-0.1, -0.05) is 30.7 Å². The number of hydrogen-bond donors (Lipinski definition) is 1. The molecule has 2 aromatic rings. The Labute approximate surface area is 132 Å². The Kier molecular flexibility index (Phi) is 6.03. The second kappa shape index (κ2) is 8.01. The Bertz CT molecular complexity index is 571. The van der Waals surface area contributed by atoms with Gasteiger partial charge in [0.2, 0.25) is 0 Å². The monoisotopic (exact) mass is 303 g/mol. The molecule has 0 spiro atoms. The minimum Gasteiger partial charge on any atom is -0.370 e. The van der Waals surface area contributed by atoms with Crippen LogP contribution in [0.2, 0.25) is 5.02 Å². The average Bonchev–Trinajstić information content (AvgIpc) is 2.48. The van der Waals surface area contributed by atoms with E-state index in [-0.39, 0.29) is 0 Å². The van der Waals surface area contributed by atoms with Crippen molar-refractivity contribution in [3.8, 4) is 0 Å². The summed E-state index contributed by atoms with van der Waals surface area (Å²) >= 11 is 6.03. The minimum absolute atomic E-state index is 0.778. The highest BCUT2D eigenvalue weighted by Crippen LogP contribution is 2.18. The predicted octanol–water partition coefficient (Wildman–Crippen LogP) is 3.87. The maximum atomic E-state index is 6.03. The number of halogens is 1. The highest BCUT2D eigenvalue weighted by molar-refractivity contribution is 6.30. The van der Waals surface area contributed by atoms with Gasteiger partial charge in [-0.3, -0.25) is 4.98 Å². The highest BCUT2D eigenvalue weighted by atomic mass is 35.5. The molecule has 0 aliphatic carbocycles. The maximum absolute atomic E-state index is 6.03. The molecule has 1 N–H and O–H groups in total. The van der Waals surface area contributed by atoms with Gasteiger partial charge in [-0.15, -0.1) is 0 Å². The largest absolute Gasteiger partial charge is 0.370 e. The topological polar surface area (TPSA) is 28.2 Å². The van der Waals surface area contributed by atoms with Gasteiger partial charge in [0.1, 0.15) is 0 Å². The van der Waals surface area contributed by atoms with Crippen molar-refractivity contribution in [2.45, 2.75) is 26.4 Å². The van der Waals surface area contributed by atoms with Crippen molar-refractivity contribution in [3.63, 3.8) is 0 Å². The second-order valence-corrected chi connectivity index (χ2v) is 5.60. The molecule has 0 saturated carbocycles. The molecule has 0 unspecified atom stereocenters. The van der Waals surface area contributed by atoms with Crippen LogP contribution in [0.3, 0.4) is 0 Å². The average molecular weight is 304 g/mol. The summed E-state index contributed by atoms with van der Waals surface area (Å²) in [7, 11) is 2.08. The van der Waals surface area contributed by atoms with Gasteiger partial charge in [0.05, 0.1) is 5.69 Å². The standard InChI is InChI=1S/C17H22ClN3/c1-3-8-19-12-16-11-17(7-9-20-16)21(2)13-14-5-4-6-15(18)10-14/h4-7,9-11,19H,3,8,12-13H2,1-2H3. The van der Waals surface area contributed by atoms with Crippen LogP contribution in [0.5, 0.6) is 0 Å². The molecule has 0 fully saturated rings. The van der Waals surface area contributed by atoms with Crippen molar-refractivity contribution in [1.82, 2.24) is 10.3 Å². The fourth-order valence-corrected chi connectivity index (χ4v) is 2.41. The number of aromatic nitrogens is 1. The Hall–Kier alpha value is -1.58. The van der Waals surface area contributed by atoms with Gasteiger partial charge in [0, 0.05) is 37.0 Å². The fourth-order valence-electron chi connectivity index (χ4n) is 2.19. The van der Waals surface area contributed by atoms with Gasteiger partial charge in [-0.05, 0) is 42.8 Å². The van der Waals surface area contributed by atoms with Crippen molar-refractivity contribution in [3.05, 3.63) is 58.9 Å². The lowest BCUT2D eigenvalue weighted by atomic mass is 10.2. The van der Waals surface area contributed by atoms with E-state index < -0.39 is 0 Å². The lowest BCUT2D eigenvalue weighted by molar-refractivity contribution is 0.664. The summed E-state index contributed by atoms with van der Waals surface area (Å²) in [4.78, 5) is 6.61. The van der Waals surface area contributed by atoms with Crippen molar-refractivity contribution >= 4 is 17.3 Å². The third kappa shape index (κ3) is 5.03. The Balaban J connectivity index is 2.01. The number of hydrogen-bond acceptors (Lipinski definition) is 3. The molecule has 0 amide bonds. The van der Waals surface area contributed by atoms with Crippen molar-refractivity contribution in [2.24, 2.45) is 0 Å². The van der Waals surface area contributed by atoms with E-state index >= 15 is 0 Å². The normalized spacial score (nSPS) is 10.6. The van der Waals surface area contributed by atoms with E-state index in [4.69, 9.17) is 11.6 Å². The molecule has 4 heteroatoms. The molecule has 21 heavy (non-hydrogen) atoms. The zero-order valence-electron chi connectivity index (χ0n) is 12.6. The molecular formula is C17H22ClN3.